The molecule has 5 heteroatoms. The molecule has 0 saturated heterocycles. The molecule has 0 radical (unpaired) electrons. The summed E-state index contributed by atoms with van der Waals surface area (Å²) in [6.07, 6.45) is 2.97. The van der Waals surface area contributed by atoms with E-state index in [0.717, 1.165) is 17.7 Å². The molecule has 0 bridgehead atoms. The average molecular weight is 363 g/mol. The number of hydrogen-bond donors (Lipinski definition) is 2. The first kappa shape index (κ1) is 18.6. The van der Waals surface area contributed by atoms with E-state index < -0.39 is 0 Å². The van der Waals surface area contributed by atoms with Gasteiger partial charge in [-0.1, -0.05) is 43.3 Å². The number of anilines is 2. The maximum absolute atomic E-state index is 13.7. The summed E-state index contributed by atoms with van der Waals surface area (Å²) in [5, 5.41) is 6.09. The van der Waals surface area contributed by atoms with E-state index in [1.807, 2.05) is 30.3 Å². The first-order valence-electron chi connectivity index (χ1n) is 9.00. The topological polar surface area (TPSA) is 54.0 Å². The number of para-hydroxylation sites is 1. The van der Waals surface area contributed by atoms with E-state index in [4.69, 9.17) is 0 Å². The van der Waals surface area contributed by atoms with Gasteiger partial charge in [0.2, 0.25) is 0 Å². The monoisotopic (exact) mass is 363 g/mol. The normalized spacial score (nSPS) is 10.4. The molecule has 2 N–H and O–H groups in total. The molecule has 0 atom stereocenters. The summed E-state index contributed by atoms with van der Waals surface area (Å²) < 4.78 is 13.7. The van der Waals surface area contributed by atoms with E-state index in [0.29, 0.717) is 29.9 Å². The van der Waals surface area contributed by atoms with Crippen LogP contribution >= 0.6 is 0 Å². The minimum Gasteiger partial charge on any atom is -0.370 e. The largest absolute Gasteiger partial charge is 0.370 e. The van der Waals surface area contributed by atoms with Gasteiger partial charge in [0.1, 0.15) is 11.6 Å². The Kier molecular flexibility index (Phi) is 6.15. The van der Waals surface area contributed by atoms with Crippen molar-refractivity contribution in [2.75, 3.05) is 17.2 Å². The Morgan fingerprint density at radius 3 is 2.56 bits per heavy atom. The minimum absolute atomic E-state index is 0.185. The molecule has 0 spiro atoms. The Hall–Kier alpha value is -3.21. The minimum atomic E-state index is -0.213. The number of aryl methyl sites for hydroxylation is 1. The number of hydrogen-bond acceptors (Lipinski definition) is 3. The lowest BCUT2D eigenvalue weighted by Crippen LogP contribution is -2.14. The van der Waals surface area contributed by atoms with Crippen LogP contribution in [-0.2, 0) is 12.8 Å². The van der Waals surface area contributed by atoms with Crippen LogP contribution in [0.2, 0.25) is 0 Å². The maximum atomic E-state index is 13.7. The van der Waals surface area contributed by atoms with Gasteiger partial charge in [0.05, 0.1) is 0 Å². The van der Waals surface area contributed by atoms with Crippen molar-refractivity contribution < 1.29 is 9.18 Å². The van der Waals surface area contributed by atoms with E-state index in [-0.39, 0.29) is 11.7 Å². The standard InChI is InChI=1S/C22H22FN3O/c1-2-16-7-4-6-10-20(16)26-22(27)18-12-14-25-21(15-18)24-13-11-17-8-3-5-9-19(17)23/h3-10,12,14-15H,2,11,13H2,1H3,(H,24,25)(H,26,27). The first-order valence-corrected chi connectivity index (χ1v) is 9.00. The van der Waals surface area contributed by atoms with Gasteiger partial charge in [-0.2, -0.15) is 0 Å². The highest BCUT2D eigenvalue weighted by atomic mass is 19.1. The molecule has 0 aliphatic carbocycles. The molecule has 3 rings (SSSR count). The predicted molar refractivity (Wildman–Crippen MR) is 107 cm³/mol. The van der Waals surface area contributed by atoms with E-state index in [9.17, 15) is 9.18 Å². The quantitative estimate of drug-likeness (QED) is 0.640. The Labute approximate surface area is 158 Å². The number of carbonyl (C=O) groups is 1. The number of benzene rings is 2. The second-order valence-corrected chi connectivity index (χ2v) is 6.16. The van der Waals surface area contributed by atoms with Crippen molar-refractivity contribution in [2.45, 2.75) is 19.8 Å². The fraction of sp³-hybridized carbons (Fsp3) is 0.182. The molecule has 4 nitrogen and oxygen atoms in total. The Morgan fingerprint density at radius 2 is 1.78 bits per heavy atom. The average Bonchev–Trinajstić information content (AvgIpc) is 2.70. The zero-order valence-electron chi connectivity index (χ0n) is 15.2. The summed E-state index contributed by atoms with van der Waals surface area (Å²) in [4.78, 5) is 16.8. The van der Waals surface area contributed by atoms with Gasteiger partial charge in [-0.3, -0.25) is 4.79 Å². The Bertz CT molecular complexity index is 927. The van der Waals surface area contributed by atoms with Crippen LogP contribution in [0.1, 0.15) is 28.4 Å². The van der Waals surface area contributed by atoms with E-state index in [1.54, 1.807) is 30.5 Å². The van der Waals surface area contributed by atoms with Crippen LogP contribution in [0.4, 0.5) is 15.9 Å². The van der Waals surface area contributed by atoms with Gasteiger partial charge in [-0.05, 0) is 48.2 Å². The van der Waals surface area contributed by atoms with Crippen LogP contribution in [0.5, 0.6) is 0 Å². The first-order chi connectivity index (χ1) is 13.2. The summed E-state index contributed by atoms with van der Waals surface area (Å²) in [6.45, 7) is 2.58. The number of carbonyl (C=O) groups excluding carboxylic acids is 1. The summed E-state index contributed by atoms with van der Waals surface area (Å²) in [5.74, 6) is 0.188. The third-order valence-corrected chi connectivity index (χ3v) is 4.33. The van der Waals surface area contributed by atoms with Crippen molar-refractivity contribution in [1.82, 2.24) is 4.98 Å². The van der Waals surface area contributed by atoms with Crippen molar-refractivity contribution in [3.63, 3.8) is 0 Å². The lowest BCUT2D eigenvalue weighted by Gasteiger charge is -2.11. The van der Waals surface area contributed by atoms with Gasteiger partial charge >= 0.3 is 0 Å². The Morgan fingerprint density at radius 1 is 1.04 bits per heavy atom. The lowest BCUT2D eigenvalue weighted by molar-refractivity contribution is 0.102. The van der Waals surface area contributed by atoms with E-state index in [1.165, 1.54) is 6.07 Å². The number of nitrogens with one attached hydrogen (secondary N) is 2. The summed E-state index contributed by atoms with van der Waals surface area (Å²) >= 11 is 0. The van der Waals surface area contributed by atoms with Gasteiger partial charge < -0.3 is 10.6 Å². The fourth-order valence-corrected chi connectivity index (χ4v) is 2.84. The van der Waals surface area contributed by atoms with Crippen LogP contribution in [0.25, 0.3) is 0 Å². The van der Waals surface area contributed by atoms with Crippen molar-refractivity contribution in [2.24, 2.45) is 0 Å². The van der Waals surface area contributed by atoms with Crippen LogP contribution in [0.3, 0.4) is 0 Å². The highest BCUT2D eigenvalue weighted by Gasteiger charge is 2.09. The number of amides is 1. The molecule has 0 saturated carbocycles. The molecule has 1 aromatic heterocycles. The van der Waals surface area contributed by atoms with Gasteiger partial charge in [0.15, 0.2) is 0 Å². The second kappa shape index (κ2) is 8.94. The molecule has 138 valence electrons. The molecule has 1 heterocycles. The van der Waals surface area contributed by atoms with Gasteiger partial charge in [0.25, 0.3) is 5.91 Å². The molecule has 3 aromatic rings. The van der Waals surface area contributed by atoms with Crippen molar-refractivity contribution in [3.05, 3.63) is 89.4 Å². The van der Waals surface area contributed by atoms with Crippen molar-refractivity contribution in [1.29, 1.82) is 0 Å². The van der Waals surface area contributed by atoms with E-state index in [2.05, 4.69) is 22.5 Å². The molecular weight excluding hydrogens is 341 g/mol. The van der Waals surface area contributed by atoms with Crippen LogP contribution in [0.15, 0.2) is 66.9 Å². The lowest BCUT2D eigenvalue weighted by atomic mass is 10.1. The molecule has 1 amide bonds. The molecule has 2 aromatic carbocycles. The highest BCUT2D eigenvalue weighted by Crippen LogP contribution is 2.17. The van der Waals surface area contributed by atoms with Gasteiger partial charge in [0, 0.05) is 24.0 Å². The fourth-order valence-electron chi connectivity index (χ4n) is 2.84. The number of halogens is 1. The number of rotatable bonds is 7. The summed E-state index contributed by atoms with van der Waals surface area (Å²) in [5.41, 5.74) is 3.07. The summed E-state index contributed by atoms with van der Waals surface area (Å²) in [6, 6.07) is 17.8. The molecule has 0 aliphatic rings. The van der Waals surface area contributed by atoms with Crippen LogP contribution < -0.4 is 10.6 Å². The third-order valence-electron chi connectivity index (χ3n) is 4.33. The number of nitrogens with zero attached hydrogens (tertiary/aromatic N) is 1. The van der Waals surface area contributed by atoms with Gasteiger partial charge in [-0.25, -0.2) is 9.37 Å². The van der Waals surface area contributed by atoms with Crippen LogP contribution in [-0.4, -0.2) is 17.4 Å². The molecule has 27 heavy (non-hydrogen) atoms. The van der Waals surface area contributed by atoms with E-state index >= 15 is 0 Å². The van der Waals surface area contributed by atoms with Crippen molar-refractivity contribution in [3.8, 4) is 0 Å². The molecule has 0 unspecified atom stereocenters. The zero-order chi connectivity index (χ0) is 19.1. The highest BCUT2D eigenvalue weighted by molar-refractivity contribution is 6.05. The smallest absolute Gasteiger partial charge is 0.255 e. The summed E-state index contributed by atoms with van der Waals surface area (Å²) in [7, 11) is 0. The molecule has 0 aliphatic heterocycles. The van der Waals surface area contributed by atoms with Crippen molar-refractivity contribution >= 4 is 17.4 Å². The number of aromatic nitrogens is 1. The molecular formula is C22H22FN3O. The SMILES string of the molecule is CCc1ccccc1NC(=O)c1ccnc(NCCc2ccccc2F)c1. The predicted octanol–water partition coefficient (Wildman–Crippen LogP) is 4.69. The second-order valence-electron chi connectivity index (χ2n) is 6.16. The zero-order valence-corrected chi connectivity index (χ0v) is 15.2. The van der Waals surface area contributed by atoms with Crippen LogP contribution in [0, 0.1) is 5.82 Å². The maximum Gasteiger partial charge on any atom is 0.255 e. The Balaban J connectivity index is 1.63. The van der Waals surface area contributed by atoms with Gasteiger partial charge in [-0.15, -0.1) is 0 Å². The molecule has 0 fully saturated rings. The third kappa shape index (κ3) is 4.91. The number of pyridine rings is 1.